The first-order valence-electron chi connectivity index (χ1n) is 9.13. The Labute approximate surface area is 173 Å². The summed E-state index contributed by atoms with van der Waals surface area (Å²) in [4.78, 5) is 30.3. The number of aromatic nitrogens is 3. The number of aromatic amines is 1. The molecular weight excluding hydrogens is 386 g/mol. The molecule has 2 N–H and O–H groups in total. The highest BCUT2D eigenvalue weighted by molar-refractivity contribution is 7.99. The summed E-state index contributed by atoms with van der Waals surface area (Å²) in [5.41, 5.74) is 3.93. The van der Waals surface area contributed by atoms with E-state index in [2.05, 4.69) is 20.5 Å². The van der Waals surface area contributed by atoms with E-state index >= 15 is 0 Å². The van der Waals surface area contributed by atoms with Gasteiger partial charge in [-0.05, 0) is 26.0 Å². The zero-order valence-electron chi connectivity index (χ0n) is 16.6. The number of nitrogens with one attached hydrogen (secondary N) is 2. The summed E-state index contributed by atoms with van der Waals surface area (Å²) < 4.78 is 0. The number of anilines is 1. The van der Waals surface area contributed by atoms with Gasteiger partial charge >= 0.3 is 0 Å². The summed E-state index contributed by atoms with van der Waals surface area (Å²) in [6.07, 6.45) is 0. The van der Waals surface area contributed by atoms with Crippen molar-refractivity contribution < 1.29 is 9.59 Å². The minimum atomic E-state index is -0.241. The predicted octanol–water partition coefficient (Wildman–Crippen LogP) is 3.28. The lowest BCUT2D eigenvalue weighted by Gasteiger charge is -2.16. The number of thioether (sulfide) groups is 1. The third kappa shape index (κ3) is 5.92. The first kappa shape index (κ1) is 20.6. The van der Waals surface area contributed by atoms with Gasteiger partial charge in [0.05, 0.1) is 12.3 Å². The second-order valence-electron chi connectivity index (χ2n) is 6.79. The zero-order valence-corrected chi connectivity index (χ0v) is 17.4. The van der Waals surface area contributed by atoms with Crippen molar-refractivity contribution in [2.75, 3.05) is 24.7 Å². The minimum Gasteiger partial charge on any atom is -0.336 e. The van der Waals surface area contributed by atoms with Crippen LogP contribution in [0.25, 0.3) is 11.4 Å². The van der Waals surface area contributed by atoms with Crippen LogP contribution in [-0.4, -0.2) is 51.2 Å². The Morgan fingerprint density at radius 3 is 2.31 bits per heavy atom. The summed E-state index contributed by atoms with van der Waals surface area (Å²) in [6.45, 7) is 3.98. The third-order valence-corrected chi connectivity index (χ3v) is 5.09. The first-order chi connectivity index (χ1) is 13.9. The van der Waals surface area contributed by atoms with Gasteiger partial charge in [-0.1, -0.05) is 59.3 Å². The van der Waals surface area contributed by atoms with Crippen molar-refractivity contribution in [3.63, 3.8) is 0 Å². The fourth-order valence-electron chi connectivity index (χ4n) is 2.53. The lowest BCUT2D eigenvalue weighted by Crippen LogP contribution is -2.35. The molecular formula is C21H23N5O2S. The number of hydrogen-bond acceptors (Lipinski definition) is 5. The standard InChI is InChI=1S/C21H23N5O2S/c1-14-4-8-16(9-5-14)20-23-21(25-24-20)29-13-19(28)26(3)12-18(27)22-17-10-6-15(2)7-11-17/h4-11H,12-13H2,1-3H3,(H,22,27)(H,23,24,25). The van der Waals surface area contributed by atoms with E-state index in [0.29, 0.717) is 16.7 Å². The molecule has 2 aromatic carbocycles. The van der Waals surface area contributed by atoms with Crippen molar-refractivity contribution in [3.05, 3.63) is 59.7 Å². The number of nitrogens with zero attached hydrogens (tertiary/aromatic N) is 3. The summed E-state index contributed by atoms with van der Waals surface area (Å²) in [5.74, 6) is 0.398. The number of rotatable bonds is 7. The quantitative estimate of drug-likeness (QED) is 0.585. The number of carbonyl (C=O) groups is 2. The summed E-state index contributed by atoms with van der Waals surface area (Å²) in [5, 5.41) is 10.3. The number of likely N-dealkylation sites (N-methyl/N-ethyl adjacent to an activating group) is 1. The van der Waals surface area contributed by atoms with Crippen LogP contribution in [0.5, 0.6) is 0 Å². The van der Waals surface area contributed by atoms with Gasteiger partial charge < -0.3 is 10.2 Å². The molecule has 0 aliphatic rings. The fraction of sp³-hybridized carbons (Fsp3) is 0.238. The minimum absolute atomic E-state index is 0.0180. The molecule has 1 aromatic heterocycles. The topological polar surface area (TPSA) is 91.0 Å². The van der Waals surface area contributed by atoms with Gasteiger partial charge in [0.1, 0.15) is 0 Å². The van der Waals surface area contributed by atoms with Crippen LogP contribution in [-0.2, 0) is 9.59 Å². The van der Waals surface area contributed by atoms with Crippen LogP contribution in [0.1, 0.15) is 11.1 Å². The van der Waals surface area contributed by atoms with Crippen LogP contribution in [0.4, 0.5) is 5.69 Å². The molecule has 3 rings (SSSR count). The van der Waals surface area contributed by atoms with Crippen LogP contribution in [0.2, 0.25) is 0 Å². The molecule has 0 fully saturated rings. The molecule has 8 heteroatoms. The van der Waals surface area contributed by atoms with Gasteiger partial charge in [0.25, 0.3) is 0 Å². The highest BCUT2D eigenvalue weighted by Crippen LogP contribution is 2.19. The lowest BCUT2D eigenvalue weighted by molar-refractivity contribution is -0.131. The van der Waals surface area contributed by atoms with E-state index in [4.69, 9.17) is 0 Å². The summed E-state index contributed by atoms with van der Waals surface area (Å²) in [6, 6.07) is 15.5. The lowest BCUT2D eigenvalue weighted by atomic mass is 10.1. The van der Waals surface area contributed by atoms with E-state index in [1.807, 2.05) is 62.4 Å². The van der Waals surface area contributed by atoms with Gasteiger partial charge in [-0.3, -0.25) is 14.7 Å². The molecule has 0 unspecified atom stereocenters. The average Bonchev–Trinajstić information content (AvgIpc) is 3.17. The Morgan fingerprint density at radius 1 is 1.03 bits per heavy atom. The van der Waals surface area contributed by atoms with E-state index in [9.17, 15) is 9.59 Å². The molecule has 0 radical (unpaired) electrons. The van der Waals surface area contributed by atoms with Crippen molar-refractivity contribution in [3.8, 4) is 11.4 Å². The van der Waals surface area contributed by atoms with Gasteiger partial charge in [-0.25, -0.2) is 4.98 Å². The number of benzene rings is 2. The normalized spacial score (nSPS) is 10.6. The number of aryl methyl sites for hydroxylation is 2. The number of H-pyrrole nitrogens is 1. The number of amides is 2. The summed E-state index contributed by atoms with van der Waals surface area (Å²) >= 11 is 1.23. The molecule has 0 bridgehead atoms. The molecule has 150 valence electrons. The monoisotopic (exact) mass is 409 g/mol. The van der Waals surface area contributed by atoms with Crippen molar-refractivity contribution in [1.29, 1.82) is 0 Å². The van der Waals surface area contributed by atoms with Crippen molar-refractivity contribution in [2.45, 2.75) is 19.0 Å². The molecule has 0 saturated carbocycles. The van der Waals surface area contributed by atoms with Crippen LogP contribution >= 0.6 is 11.8 Å². The van der Waals surface area contributed by atoms with E-state index in [1.165, 1.54) is 22.2 Å². The molecule has 0 aliphatic heterocycles. The van der Waals surface area contributed by atoms with Crippen LogP contribution in [0, 0.1) is 13.8 Å². The van der Waals surface area contributed by atoms with Crippen molar-refractivity contribution in [2.24, 2.45) is 0 Å². The molecule has 1 heterocycles. The Kier molecular flexibility index (Phi) is 6.66. The molecule has 0 aliphatic carbocycles. The van der Waals surface area contributed by atoms with Crippen LogP contribution in [0.15, 0.2) is 53.7 Å². The predicted molar refractivity (Wildman–Crippen MR) is 115 cm³/mol. The van der Waals surface area contributed by atoms with Crippen molar-refractivity contribution in [1.82, 2.24) is 20.1 Å². The maximum absolute atomic E-state index is 12.3. The van der Waals surface area contributed by atoms with Crippen molar-refractivity contribution >= 4 is 29.3 Å². The highest BCUT2D eigenvalue weighted by atomic mass is 32.2. The van der Waals surface area contributed by atoms with Gasteiger partial charge in [-0.15, -0.1) is 5.10 Å². The molecule has 0 saturated heterocycles. The van der Waals surface area contributed by atoms with Crippen LogP contribution in [0.3, 0.4) is 0 Å². The zero-order chi connectivity index (χ0) is 20.8. The molecule has 2 amide bonds. The Morgan fingerprint density at radius 2 is 1.66 bits per heavy atom. The SMILES string of the molecule is Cc1ccc(NC(=O)CN(C)C(=O)CSc2n[nH]c(-c3ccc(C)cc3)n2)cc1. The van der Waals surface area contributed by atoms with Gasteiger partial charge in [0.2, 0.25) is 17.0 Å². The third-order valence-electron chi connectivity index (χ3n) is 4.26. The Bertz CT molecular complexity index is 983. The second kappa shape index (κ2) is 9.38. The second-order valence-corrected chi connectivity index (χ2v) is 7.73. The molecule has 0 spiro atoms. The largest absolute Gasteiger partial charge is 0.336 e. The molecule has 3 aromatic rings. The molecule has 29 heavy (non-hydrogen) atoms. The van der Waals surface area contributed by atoms with Gasteiger partial charge in [0, 0.05) is 18.3 Å². The molecule has 7 nitrogen and oxygen atoms in total. The number of hydrogen-bond donors (Lipinski definition) is 2. The van der Waals surface area contributed by atoms with E-state index in [0.717, 1.165) is 11.1 Å². The Balaban J connectivity index is 1.48. The van der Waals surface area contributed by atoms with E-state index in [1.54, 1.807) is 7.05 Å². The Hall–Kier alpha value is -3.13. The summed E-state index contributed by atoms with van der Waals surface area (Å²) in [7, 11) is 1.60. The van der Waals surface area contributed by atoms with Gasteiger partial charge in [0.15, 0.2) is 5.82 Å². The highest BCUT2D eigenvalue weighted by Gasteiger charge is 2.15. The van der Waals surface area contributed by atoms with E-state index in [-0.39, 0.29) is 24.1 Å². The smallest absolute Gasteiger partial charge is 0.243 e. The fourth-order valence-corrected chi connectivity index (χ4v) is 3.27. The maximum Gasteiger partial charge on any atom is 0.243 e. The molecule has 0 atom stereocenters. The number of carbonyl (C=O) groups excluding carboxylic acids is 2. The maximum atomic E-state index is 12.3. The van der Waals surface area contributed by atoms with Crippen LogP contribution < -0.4 is 5.32 Å². The first-order valence-corrected chi connectivity index (χ1v) is 10.1. The average molecular weight is 410 g/mol. The van der Waals surface area contributed by atoms with Gasteiger partial charge in [-0.2, -0.15) is 0 Å². The van der Waals surface area contributed by atoms with E-state index < -0.39 is 0 Å².